The minimum Gasteiger partial charge on any atom is -0.347 e. The van der Waals surface area contributed by atoms with Crippen molar-refractivity contribution in [2.75, 3.05) is 18.0 Å². The molecule has 1 fully saturated rings. The minimum atomic E-state index is -0.352. The molecular weight excluding hydrogens is 306 g/mol. The molecule has 2 aromatic rings. The average molecular weight is 327 g/mol. The van der Waals surface area contributed by atoms with E-state index in [1.165, 1.54) is 0 Å². The molecule has 1 amide bonds. The smallest absolute Gasteiger partial charge is 0.261 e. The molecule has 0 aromatic carbocycles. The molecule has 1 atom stereocenters. The fraction of sp³-hybridized carbons (Fsp3) is 0.412. The normalized spacial score (nSPS) is 17.6. The zero-order valence-electron chi connectivity index (χ0n) is 13.9. The van der Waals surface area contributed by atoms with Gasteiger partial charge in [0.2, 0.25) is 5.95 Å². The second-order valence-electron chi connectivity index (χ2n) is 6.13. The van der Waals surface area contributed by atoms with Gasteiger partial charge in [0.15, 0.2) is 0 Å². The van der Waals surface area contributed by atoms with Crippen LogP contribution in [-0.4, -0.2) is 40.0 Å². The van der Waals surface area contributed by atoms with Gasteiger partial charge in [-0.25, -0.2) is 9.97 Å². The van der Waals surface area contributed by atoms with E-state index in [1.54, 1.807) is 24.5 Å². The third-order valence-electron chi connectivity index (χ3n) is 4.33. The Balaban J connectivity index is 1.71. The van der Waals surface area contributed by atoms with Crippen molar-refractivity contribution >= 4 is 11.9 Å². The number of hydrogen-bond acceptors (Lipinski definition) is 5. The van der Waals surface area contributed by atoms with Crippen molar-refractivity contribution in [1.82, 2.24) is 20.3 Å². The van der Waals surface area contributed by atoms with Crippen molar-refractivity contribution in [3.05, 3.63) is 51.7 Å². The van der Waals surface area contributed by atoms with Gasteiger partial charge in [0.1, 0.15) is 5.56 Å². The summed E-state index contributed by atoms with van der Waals surface area (Å²) >= 11 is 0. The molecule has 0 bridgehead atoms. The highest BCUT2D eigenvalue weighted by Gasteiger charge is 2.24. The number of carbonyl (C=O) groups is 1. The van der Waals surface area contributed by atoms with Gasteiger partial charge in [-0.2, -0.15) is 0 Å². The number of carbonyl (C=O) groups excluding carboxylic acids is 1. The molecule has 0 aliphatic carbocycles. The number of pyridine rings is 1. The van der Waals surface area contributed by atoms with Crippen LogP contribution in [0.1, 0.15) is 34.5 Å². The third kappa shape index (κ3) is 3.45. The zero-order valence-corrected chi connectivity index (χ0v) is 13.9. The summed E-state index contributed by atoms with van der Waals surface area (Å²) in [5, 5.41) is 2.97. The fourth-order valence-electron chi connectivity index (χ4n) is 2.89. The molecule has 1 unspecified atom stereocenters. The van der Waals surface area contributed by atoms with Crippen LogP contribution in [0, 0.1) is 13.8 Å². The fourth-order valence-corrected chi connectivity index (χ4v) is 2.89. The van der Waals surface area contributed by atoms with Gasteiger partial charge in [-0.1, -0.05) is 0 Å². The highest BCUT2D eigenvalue weighted by atomic mass is 16.2. The van der Waals surface area contributed by atoms with E-state index in [-0.39, 0.29) is 23.1 Å². The van der Waals surface area contributed by atoms with E-state index in [9.17, 15) is 9.59 Å². The standard InChI is InChI=1S/C17H21N5O2/c1-11-9-14(15(23)20-12(11)2)16(24)21-13-5-3-8-22(10-13)17-18-6-4-7-19-17/h4,6-7,9,13H,3,5,8,10H2,1-2H3,(H,20,23)(H,21,24). The Morgan fingerprint density at radius 1 is 1.33 bits per heavy atom. The summed E-state index contributed by atoms with van der Waals surface area (Å²) in [6, 6.07) is 3.39. The Morgan fingerprint density at radius 2 is 2.08 bits per heavy atom. The summed E-state index contributed by atoms with van der Waals surface area (Å²) in [6.07, 6.45) is 5.22. The maximum atomic E-state index is 12.5. The monoisotopic (exact) mass is 327 g/mol. The largest absolute Gasteiger partial charge is 0.347 e. The maximum absolute atomic E-state index is 12.5. The molecule has 7 nitrogen and oxygen atoms in total. The number of nitrogens with zero attached hydrogens (tertiary/aromatic N) is 3. The van der Waals surface area contributed by atoms with Crippen LogP contribution >= 0.6 is 0 Å². The summed E-state index contributed by atoms with van der Waals surface area (Å²) in [4.78, 5) is 37.8. The number of H-pyrrole nitrogens is 1. The van der Waals surface area contributed by atoms with E-state index in [0.29, 0.717) is 12.5 Å². The molecule has 1 saturated heterocycles. The molecule has 126 valence electrons. The summed E-state index contributed by atoms with van der Waals surface area (Å²) < 4.78 is 0. The predicted molar refractivity (Wildman–Crippen MR) is 91.3 cm³/mol. The van der Waals surface area contributed by atoms with E-state index in [0.717, 1.165) is 30.6 Å². The van der Waals surface area contributed by atoms with Gasteiger partial charge in [-0.05, 0) is 44.4 Å². The molecule has 1 aliphatic heterocycles. The van der Waals surface area contributed by atoms with Crippen molar-refractivity contribution < 1.29 is 4.79 Å². The van der Waals surface area contributed by atoms with Gasteiger partial charge >= 0.3 is 0 Å². The van der Waals surface area contributed by atoms with Gasteiger partial charge in [-0.3, -0.25) is 9.59 Å². The first kappa shape index (κ1) is 16.2. The Labute approximate surface area is 140 Å². The lowest BCUT2D eigenvalue weighted by Gasteiger charge is -2.33. The van der Waals surface area contributed by atoms with Crippen molar-refractivity contribution in [3.63, 3.8) is 0 Å². The third-order valence-corrected chi connectivity index (χ3v) is 4.33. The lowest BCUT2D eigenvalue weighted by Crippen LogP contribution is -2.49. The van der Waals surface area contributed by atoms with Crippen LogP contribution in [0.2, 0.25) is 0 Å². The van der Waals surface area contributed by atoms with E-state index in [2.05, 4.69) is 25.2 Å². The number of anilines is 1. The summed E-state index contributed by atoms with van der Waals surface area (Å²) in [6.45, 7) is 5.19. The molecule has 0 saturated carbocycles. The van der Waals surface area contributed by atoms with Crippen molar-refractivity contribution in [3.8, 4) is 0 Å². The van der Waals surface area contributed by atoms with Crippen LogP contribution in [0.4, 0.5) is 5.95 Å². The van der Waals surface area contributed by atoms with Crippen molar-refractivity contribution in [2.24, 2.45) is 0 Å². The molecule has 2 aromatic heterocycles. The average Bonchev–Trinajstić information content (AvgIpc) is 2.59. The molecule has 7 heteroatoms. The van der Waals surface area contributed by atoms with Gasteiger partial charge in [0.05, 0.1) is 0 Å². The van der Waals surface area contributed by atoms with Crippen LogP contribution in [0.5, 0.6) is 0 Å². The first-order chi connectivity index (χ1) is 11.5. The Hall–Kier alpha value is -2.70. The van der Waals surface area contributed by atoms with Crippen LogP contribution < -0.4 is 15.8 Å². The molecule has 0 radical (unpaired) electrons. The Kier molecular flexibility index (Phi) is 4.59. The van der Waals surface area contributed by atoms with Crippen LogP contribution in [0.15, 0.2) is 29.3 Å². The number of amides is 1. The van der Waals surface area contributed by atoms with Crippen LogP contribution in [0.25, 0.3) is 0 Å². The van der Waals surface area contributed by atoms with Crippen LogP contribution in [-0.2, 0) is 0 Å². The number of piperidine rings is 1. The molecule has 0 spiro atoms. The predicted octanol–water partition coefficient (Wildman–Crippen LogP) is 1.18. The number of aryl methyl sites for hydroxylation is 2. The first-order valence-corrected chi connectivity index (χ1v) is 8.08. The molecule has 3 rings (SSSR count). The van der Waals surface area contributed by atoms with Crippen molar-refractivity contribution in [2.45, 2.75) is 32.7 Å². The topological polar surface area (TPSA) is 91.0 Å². The summed E-state index contributed by atoms with van der Waals surface area (Å²) in [7, 11) is 0. The van der Waals surface area contributed by atoms with Crippen LogP contribution in [0.3, 0.4) is 0 Å². The minimum absolute atomic E-state index is 0.0314. The quantitative estimate of drug-likeness (QED) is 0.883. The molecule has 3 heterocycles. The second-order valence-corrected chi connectivity index (χ2v) is 6.13. The van der Waals surface area contributed by atoms with E-state index in [4.69, 9.17) is 0 Å². The van der Waals surface area contributed by atoms with Gasteiger partial charge in [-0.15, -0.1) is 0 Å². The molecule has 24 heavy (non-hydrogen) atoms. The molecular formula is C17H21N5O2. The zero-order chi connectivity index (χ0) is 17.1. The van der Waals surface area contributed by atoms with Gasteiger partial charge in [0.25, 0.3) is 11.5 Å². The Morgan fingerprint density at radius 3 is 2.83 bits per heavy atom. The Bertz CT molecular complexity index is 787. The molecule has 2 N–H and O–H groups in total. The van der Waals surface area contributed by atoms with E-state index in [1.807, 2.05) is 13.8 Å². The number of aromatic nitrogens is 3. The van der Waals surface area contributed by atoms with E-state index >= 15 is 0 Å². The summed E-state index contributed by atoms with van der Waals surface area (Å²) in [5.74, 6) is 0.334. The number of hydrogen-bond donors (Lipinski definition) is 2. The van der Waals surface area contributed by atoms with Gasteiger partial charge in [0, 0.05) is 37.2 Å². The lowest BCUT2D eigenvalue weighted by molar-refractivity contribution is 0.0931. The second kappa shape index (κ2) is 6.82. The SMILES string of the molecule is Cc1cc(C(=O)NC2CCCN(c3ncccn3)C2)c(=O)[nH]c1C. The van der Waals surface area contributed by atoms with Crippen molar-refractivity contribution in [1.29, 1.82) is 0 Å². The maximum Gasteiger partial charge on any atom is 0.261 e. The van der Waals surface area contributed by atoms with E-state index < -0.39 is 0 Å². The number of nitrogens with one attached hydrogen (secondary N) is 2. The highest BCUT2D eigenvalue weighted by Crippen LogP contribution is 2.15. The summed E-state index contributed by atoms with van der Waals surface area (Å²) in [5.41, 5.74) is 1.48. The lowest BCUT2D eigenvalue weighted by atomic mass is 10.1. The molecule has 1 aliphatic rings. The van der Waals surface area contributed by atoms with Gasteiger partial charge < -0.3 is 15.2 Å². The number of rotatable bonds is 3. The first-order valence-electron chi connectivity index (χ1n) is 8.08. The number of aromatic amines is 1. The highest BCUT2D eigenvalue weighted by molar-refractivity contribution is 5.94.